The maximum Gasteiger partial charge on any atom is 0.156 e. The van der Waals surface area contributed by atoms with Crippen LogP contribution < -0.4 is 0 Å². The van der Waals surface area contributed by atoms with Crippen molar-refractivity contribution >= 4 is 20.7 Å². The van der Waals surface area contributed by atoms with E-state index < -0.39 is 9.84 Å². The van der Waals surface area contributed by atoms with E-state index in [1.54, 1.807) is 13.8 Å². The Bertz CT molecular complexity index is 681. The summed E-state index contributed by atoms with van der Waals surface area (Å²) in [5, 5.41) is 0.700. The third kappa shape index (κ3) is 2.29. The molecule has 1 heterocycles. The number of nitrogens with zero attached hydrogens (tertiary/aromatic N) is 1. The van der Waals surface area contributed by atoms with Crippen LogP contribution in [0.2, 0.25) is 0 Å². The molecule has 4 heteroatoms. The van der Waals surface area contributed by atoms with Gasteiger partial charge in [-0.1, -0.05) is 12.1 Å². The fraction of sp³-hybridized carbons (Fsp3) is 0.429. The van der Waals surface area contributed by atoms with Gasteiger partial charge in [0.15, 0.2) is 9.84 Å². The summed E-state index contributed by atoms with van der Waals surface area (Å²) in [6.07, 6.45) is 1.92. The molecule has 0 bridgehead atoms. The Morgan fingerprint density at radius 1 is 1.28 bits per heavy atom. The first-order chi connectivity index (χ1) is 8.31. The highest BCUT2D eigenvalue weighted by molar-refractivity contribution is 7.91. The van der Waals surface area contributed by atoms with Crippen molar-refractivity contribution in [1.82, 2.24) is 4.57 Å². The number of sulfone groups is 1. The zero-order valence-corrected chi connectivity index (χ0v) is 12.1. The molecule has 1 aromatic carbocycles. The van der Waals surface area contributed by atoms with Crippen LogP contribution in [0, 0.1) is 6.92 Å². The summed E-state index contributed by atoms with van der Waals surface area (Å²) in [4.78, 5) is 0. The molecule has 0 aliphatic heterocycles. The molecule has 2 rings (SSSR count). The van der Waals surface area contributed by atoms with Crippen molar-refractivity contribution in [3.63, 3.8) is 0 Å². The lowest BCUT2D eigenvalue weighted by Gasteiger charge is -2.06. The second-order valence-corrected chi connectivity index (χ2v) is 7.70. The Hall–Kier alpha value is -1.29. The molecule has 0 radical (unpaired) electrons. The van der Waals surface area contributed by atoms with E-state index in [2.05, 4.69) is 6.07 Å². The van der Waals surface area contributed by atoms with E-state index in [9.17, 15) is 8.42 Å². The molecule has 98 valence electrons. The monoisotopic (exact) mass is 265 g/mol. The minimum atomic E-state index is -3.05. The molecule has 0 fully saturated rings. The highest BCUT2D eigenvalue weighted by atomic mass is 32.2. The molecule has 0 amide bonds. The van der Waals surface area contributed by atoms with Crippen molar-refractivity contribution in [2.75, 3.05) is 0 Å². The Balaban J connectivity index is 2.54. The van der Waals surface area contributed by atoms with E-state index in [0.717, 1.165) is 16.5 Å². The van der Waals surface area contributed by atoms with Gasteiger partial charge in [-0.15, -0.1) is 0 Å². The zero-order chi connectivity index (χ0) is 13.5. The first-order valence-electron chi connectivity index (χ1n) is 6.07. The minimum absolute atomic E-state index is 0.116. The molecule has 1 aromatic heterocycles. The van der Waals surface area contributed by atoms with Crippen LogP contribution in [0.15, 0.2) is 24.4 Å². The van der Waals surface area contributed by atoms with Crippen molar-refractivity contribution in [1.29, 1.82) is 0 Å². The Kier molecular flexibility index (Phi) is 3.23. The highest BCUT2D eigenvalue weighted by Gasteiger charge is 2.19. The largest absolute Gasteiger partial charge is 0.350 e. The van der Waals surface area contributed by atoms with Gasteiger partial charge in [-0.05, 0) is 38.0 Å². The number of aryl methyl sites for hydroxylation is 2. The molecule has 0 saturated heterocycles. The summed E-state index contributed by atoms with van der Waals surface area (Å²) < 4.78 is 26.0. The predicted molar refractivity (Wildman–Crippen MR) is 75.4 cm³/mol. The van der Waals surface area contributed by atoms with Crippen molar-refractivity contribution in [2.24, 2.45) is 7.05 Å². The lowest BCUT2D eigenvalue weighted by Crippen LogP contribution is -2.15. The van der Waals surface area contributed by atoms with Crippen LogP contribution >= 0.6 is 0 Å². The minimum Gasteiger partial charge on any atom is -0.350 e. The van der Waals surface area contributed by atoms with Crippen LogP contribution in [0.4, 0.5) is 0 Å². The van der Waals surface area contributed by atoms with Gasteiger partial charge in [0.05, 0.1) is 11.0 Å². The van der Waals surface area contributed by atoms with E-state index in [1.807, 2.05) is 36.9 Å². The van der Waals surface area contributed by atoms with Crippen LogP contribution in [0.25, 0.3) is 10.9 Å². The number of hydrogen-bond acceptors (Lipinski definition) is 2. The molecule has 0 spiro atoms. The molecule has 0 aliphatic carbocycles. The van der Waals surface area contributed by atoms with Gasteiger partial charge in [0.2, 0.25) is 0 Å². The molecule has 3 nitrogen and oxygen atoms in total. The molecular weight excluding hydrogens is 246 g/mol. The van der Waals surface area contributed by atoms with Gasteiger partial charge in [-0.3, -0.25) is 0 Å². The fourth-order valence-electron chi connectivity index (χ4n) is 2.08. The number of fused-ring (bicyclic) bond motifs is 1. The van der Waals surface area contributed by atoms with Gasteiger partial charge >= 0.3 is 0 Å². The van der Waals surface area contributed by atoms with Gasteiger partial charge in [-0.2, -0.15) is 0 Å². The Morgan fingerprint density at radius 3 is 2.56 bits per heavy atom. The molecule has 2 aromatic rings. The van der Waals surface area contributed by atoms with E-state index in [-0.39, 0.29) is 11.0 Å². The van der Waals surface area contributed by atoms with E-state index in [4.69, 9.17) is 0 Å². The van der Waals surface area contributed by atoms with Crippen LogP contribution in [0.3, 0.4) is 0 Å². The van der Waals surface area contributed by atoms with Gasteiger partial charge in [0.25, 0.3) is 0 Å². The Labute approximate surface area is 108 Å². The molecule has 0 aliphatic rings. The highest BCUT2D eigenvalue weighted by Crippen LogP contribution is 2.24. The van der Waals surface area contributed by atoms with E-state index >= 15 is 0 Å². The lowest BCUT2D eigenvalue weighted by molar-refractivity contribution is 0.586. The summed E-state index contributed by atoms with van der Waals surface area (Å²) in [6, 6.07) is 6.12. The maximum absolute atomic E-state index is 12.0. The number of hydrogen-bond donors (Lipinski definition) is 0. The molecule has 18 heavy (non-hydrogen) atoms. The summed E-state index contributed by atoms with van der Waals surface area (Å²) in [5.41, 5.74) is 3.16. The normalized spacial score (nSPS) is 12.5. The van der Waals surface area contributed by atoms with E-state index in [0.29, 0.717) is 0 Å². The third-order valence-electron chi connectivity index (χ3n) is 3.30. The quantitative estimate of drug-likeness (QED) is 0.856. The average molecular weight is 265 g/mol. The smallest absolute Gasteiger partial charge is 0.156 e. The molecule has 0 unspecified atom stereocenters. The van der Waals surface area contributed by atoms with Crippen molar-refractivity contribution in [3.05, 3.63) is 35.5 Å². The van der Waals surface area contributed by atoms with Crippen LogP contribution in [0.1, 0.15) is 25.0 Å². The number of rotatable bonds is 3. The van der Waals surface area contributed by atoms with Crippen molar-refractivity contribution < 1.29 is 8.42 Å². The lowest BCUT2D eigenvalue weighted by atomic mass is 10.1. The summed E-state index contributed by atoms with van der Waals surface area (Å²) >= 11 is 0. The molecule has 0 atom stereocenters. The Morgan fingerprint density at radius 2 is 1.94 bits per heavy atom. The zero-order valence-electron chi connectivity index (χ0n) is 11.3. The second-order valence-electron chi connectivity index (χ2n) is 5.14. The molecular formula is C14H19NO2S. The second kappa shape index (κ2) is 4.43. The fourth-order valence-corrected chi connectivity index (χ4v) is 3.07. The van der Waals surface area contributed by atoms with Gasteiger partial charge < -0.3 is 4.57 Å². The summed E-state index contributed by atoms with van der Waals surface area (Å²) in [5.74, 6) is 0.116. The SMILES string of the molecule is Cc1ccc2c(CS(=O)(=O)C(C)C)cn(C)c2c1. The van der Waals surface area contributed by atoms with Gasteiger partial charge in [-0.25, -0.2) is 8.42 Å². The maximum atomic E-state index is 12.0. The summed E-state index contributed by atoms with van der Waals surface area (Å²) in [6.45, 7) is 5.49. The van der Waals surface area contributed by atoms with Crippen LogP contribution in [-0.2, 0) is 22.6 Å². The molecule has 0 N–H and O–H groups in total. The number of benzene rings is 1. The van der Waals surface area contributed by atoms with Gasteiger partial charge in [0, 0.05) is 24.1 Å². The van der Waals surface area contributed by atoms with Crippen LogP contribution in [0.5, 0.6) is 0 Å². The first kappa shape index (κ1) is 13.1. The predicted octanol–water partition coefficient (Wildman–Crippen LogP) is 2.81. The van der Waals surface area contributed by atoms with Crippen molar-refractivity contribution in [3.8, 4) is 0 Å². The topological polar surface area (TPSA) is 39.1 Å². The standard InChI is InChI=1S/C14H19NO2S/c1-10(2)18(16,17)9-12-8-15(4)14-7-11(3)5-6-13(12)14/h5-8,10H,9H2,1-4H3. The van der Waals surface area contributed by atoms with E-state index in [1.165, 1.54) is 5.56 Å². The van der Waals surface area contributed by atoms with Gasteiger partial charge in [0.1, 0.15) is 0 Å². The third-order valence-corrected chi connectivity index (χ3v) is 5.45. The molecule has 0 saturated carbocycles. The summed E-state index contributed by atoms with van der Waals surface area (Å²) in [7, 11) is -1.10. The van der Waals surface area contributed by atoms with Crippen molar-refractivity contribution in [2.45, 2.75) is 31.8 Å². The number of aromatic nitrogens is 1. The average Bonchev–Trinajstić information content (AvgIpc) is 2.54. The first-order valence-corrected chi connectivity index (χ1v) is 7.79. The van der Waals surface area contributed by atoms with Crippen LogP contribution in [-0.4, -0.2) is 18.2 Å².